The van der Waals surface area contributed by atoms with Gasteiger partial charge < -0.3 is 15.1 Å². The Hall–Kier alpha value is -0.750. The van der Waals surface area contributed by atoms with E-state index >= 15 is 0 Å². The van der Waals surface area contributed by atoms with Crippen molar-refractivity contribution in [2.75, 3.05) is 44.2 Å². The lowest BCUT2D eigenvalue weighted by Gasteiger charge is -2.41. The number of unbranched alkanes of at least 4 members (excludes halogenated alkanes) is 1. The van der Waals surface area contributed by atoms with Crippen LogP contribution in [0.3, 0.4) is 0 Å². The Labute approximate surface area is 138 Å². The zero-order chi connectivity index (χ0) is 15.8. The summed E-state index contributed by atoms with van der Waals surface area (Å²) in [7, 11) is 0. The summed E-state index contributed by atoms with van der Waals surface area (Å²) < 4.78 is 0. The van der Waals surface area contributed by atoms with Crippen molar-refractivity contribution in [2.45, 2.75) is 45.1 Å². The van der Waals surface area contributed by atoms with Crippen molar-refractivity contribution >= 4 is 23.6 Å². The maximum Gasteiger partial charge on any atom is 0.236 e. The SMILES string of the molecule is CCCCSCCC(=O)N1CCCC(N2CCNCC2=O)C1. The second-order valence-corrected chi connectivity index (χ2v) is 7.34. The number of likely N-dealkylation sites (tertiary alicyclic amines) is 1. The highest BCUT2D eigenvalue weighted by molar-refractivity contribution is 7.99. The molecule has 2 aliphatic heterocycles. The van der Waals surface area contributed by atoms with E-state index in [1.54, 1.807) is 0 Å². The first kappa shape index (κ1) is 17.6. The number of hydrogen-bond donors (Lipinski definition) is 1. The molecule has 1 unspecified atom stereocenters. The Morgan fingerprint density at radius 3 is 3.00 bits per heavy atom. The average molecular weight is 327 g/mol. The molecule has 2 rings (SSSR count). The molecule has 126 valence electrons. The first-order valence-electron chi connectivity index (χ1n) is 8.58. The number of rotatable bonds is 7. The second-order valence-electron chi connectivity index (χ2n) is 6.12. The topological polar surface area (TPSA) is 52.7 Å². The smallest absolute Gasteiger partial charge is 0.236 e. The van der Waals surface area contributed by atoms with Crippen LogP contribution in [0.5, 0.6) is 0 Å². The van der Waals surface area contributed by atoms with E-state index in [0.29, 0.717) is 13.0 Å². The van der Waals surface area contributed by atoms with Crippen molar-refractivity contribution < 1.29 is 9.59 Å². The van der Waals surface area contributed by atoms with Gasteiger partial charge in [-0.3, -0.25) is 9.59 Å². The average Bonchev–Trinajstić information content (AvgIpc) is 2.55. The molecule has 0 aliphatic carbocycles. The Morgan fingerprint density at radius 1 is 1.36 bits per heavy atom. The lowest BCUT2D eigenvalue weighted by atomic mass is 10.0. The third-order valence-corrected chi connectivity index (χ3v) is 5.49. The molecule has 2 aliphatic rings. The molecule has 0 aromatic heterocycles. The first-order chi connectivity index (χ1) is 10.7. The Kier molecular flexibility index (Phi) is 7.52. The van der Waals surface area contributed by atoms with Gasteiger partial charge in [0.15, 0.2) is 0 Å². The van der Waals surface area contributed by atoms with Gasteiger partial charge in [0.05, 0.1) is 6.54 Å². The summed E-state index contributed by atoms with van der Waals surface area (Å²) in [5.74, 6) is 2.52. The summed E-state index contributed by atoms with van der Waals surface area (Å²) in [5.41, 5.74) is 0. The lowest BCUT2D eigenvalue weighted by Crippen LogP contribution is -2.57. The molecule has 1 N–H and O–H groups in total. The standard InChI is InChI=1S/C16H29N3O2S/c1-2-3-10-22-11-6-15(20)18-8-4-5-14(13-18)19-9-7-17-12-16(19)21/h14,17H,2-13H2,1H3. The van der Waals surface area contributed by atoms with Gasteiger partial charge in [-0.05, 0) is 25.0 Å². The minimum atomic E-state index is 0.181. The summed E-state index contributed by atoms with van der Waals surface area (Å²) in [6, 6.07) is 0.222. The predicted molar refractivity (Wildman–Crippen MR) is 91.0 cm³/mol. The van der Waals surface area contributed by atoms with Gasteiger partial charge in [0.2, 0.25) is 11.8 Å². The summed E-state index contributed by atoms with van der Waals surface area (Å²) in [5, 5.41) is 3.11. The second kappa shape index (κ2) is 9.40. The molecule has 2 saturated heterocycles. The molecule has 0 radical (unpaired) electrons. The fraction of sp³-hybridized carbons (Fsp3) is 0.875. The van der Waals surface area contributed by atoms with Crippen LogP contribution in [0.1, 0.15) is 39.0 Å². The highest BCUT2D eigenvalue weighted by Crippen LogP contribution is 2.18. The van der Waals surface area contributed by atoms with E-state index in [-0.39, 0.29) is 17.9 Å². The molecule has 2 amide bonds. The van der Waals surface area contributed by atoms with Crippen molar-refractivity contribution in [3.63, 3.8) is 0 Å². The van der Waals surface area contributed by atoms with Crippen LogP contribution in [0, 0.1) is 0 Å². The van der Waals surface area contributed by atoms with Crippen LogP contribution in [0.2, 0.25) is 0 Å². The van der Waals surface area contributed by atoms with Crippen molar-refractivity contribution in [1.82, 2.24) is 15.1 Å². The number of carbonyl (C=O) groups is 2. The van der Waals surface area contributed by atoms with Crippen LogP contribution in [0.4, 0.5) is 0 Å². The van der Waals surface area contributed by atoms with Gasteiger partial charge in [-0.15, -0.1) is 0 Å². The maximum atomic E-state index is 12.3. The molecule has 0 aromatic carbocycles. The predicted octanol–water partition coefficient (Wildman–Crippen LogP) is 1.33. The van der Waals surface area contributed by atoms with Gasteiger partial charge in [-0.1, -0.05) is 13.3 Å². The lowest BCUT2D eigenvalue weighted by molar-refractivity contribution is -0.140. The maximum absolute atomic E-state index is 12.3. The Morgan fingerprint density at radius 2 is 2.23 bits per heavy atom. The molecule has 2 heterocycles. The monoisotopic (exact) mass is 327 g/mol. The fourth-order valence-electron chi connectivity index (χ4n) is 3.11. The molecule has 0 bridgehead atoms. The van der Waals surface area contributed by atoms with E-state index in [0.717, 1.165) is 50.5 Å². The minimum Gasteiger partial charge on any atom is -0.341 e. The van der Waals surface area contributed by atoms with Crippen LogP contribution in [-0.4, -0.2) is 71.9 Å². The molecule has 22 heavy (non-hydrogen) atoms. The quantitative estimate of drug-likeness (QED) is 0.717. The largest absolute Gasteiger partial charge is 0.341 e. The van der Waals surface area contributed by atoms with Crippen molar-refractivity contribution in [3.05, 3.63) is 0 Å². The van der Waals surface area contributed by atoms with Gasteiger partial charge in [-0.25, -0.2) is 0 Å². The first-order valence-corrected chi connectivity index (χ1v) is 9.73. The molecule has 0 spiro atoms. The van der Waals surface area contributed by atoms with E-state index in [1.807, 2.05) is 21.6 Å². The number of thioether (sulfide) groups is 1. The van der Waals surface area contributed by atoms with Crippen LogP contribution in [0.15, 0.2) is 0 Å². The van der Waals surface area contributed by atoms with E-state index < -0.39 is 0 Å². The van der Waals surface area contributed by atoms with Crippen LogP contribution in [0.25, 0.3) is 0 Å². The minimum absolute atomic E-state index is 0.181. The van der Waals surface area contributed by atoms with Crippen molar-refractivity contribution in [2.24, 2.45) is 0 Å². The molecular formula is C16H29N3O2S. The molecule has 0 saturated carbocycles. The molecule has 2 fully saturated rings. The number of piperidine rings is 1. The number of amides is 2. The fourth-order valence-corrected chi connectivity index (χ4v) is 4.12. The van der Waals surface area contributed by atoms with Crippen LogP contribution in [-0.2, 0) is 9.59 Å². The number of carbonyl (C=O) groups excluding carboxylic acids is 2. The van der Waals surface area contributed by atoms with E-state index in [2.05, 4.69) is 12.2 Å². The Bertz CT molecular complexity index is 378. The van der Waals surface area contributed by atoms with Gasteiger partial charge in [0.25, 0.3) is 0 Å². The third kappa shape index (κ3) is 5.16. The van der Waals surface area contributed by atoms with E-state index in [4.69, 9.17) is 0 Å². The highest BCUT2D eigenvalue weighted by Gasteiger charge is 2.31. The Balaban J connectivity index is 1.74. The summed E-state index contributed by atoms with van der Waals surface area (Å²) >= 11 is 1.88. The zero-order valence-electron chi connectivity index (χ0n) is 13.7. The molecule has 5 nitrogen and oxygen atoms in total. The highest BCUT2D eigenvalue weighted by atomic mass is 32.2. The number of nitrogens with one attached hydrogen (secondary N) is 1. The van der Waals surface area contributed by atoms with E-state index in [9.17, 15) is 9.59 Å². The number of nitrogens with zero attached hydrogens (tertiary/aromatic N) is 2. The van der Waals surface area contributed by atoms with Crippen molar-refractivity contribution in [3.8, 4) is 0 Å². The number of piperazine rings is 1. The number of hydrogen-bond acceptors (Lipinski definition) is 4. The zero-order valence-corrected chi connectivity index (χ0v) is 14.5. The summed E-state index contributed by atoms with van der Waals surface area (Å²) in [6.07, 6.45) is 5.12. The van der Waals surface area contributed by atoms with Gasteiger partial charge in [0, 0.05) is 44.4 Å². The van der Waals surface area contributed by atoms with Gasteiger partial charge in [-0.2, -0.15) is 11.8 Å². The summed E-state index contributed by atoms with van der Waals surface area (Å²) in [4.78, 5) is 28.3. The van der Waals surface area contributed by atoms with Crippen molar-refractivity contribution in [1.29, 1.82) is 0 Å². The van der Waals surface area contributed by atoms with Crippen LogP contribution < -0.4 is 5.32 Å². The summed E-state index contributed by atoms with van der Waals surface area (Å²) in [6.45, 7) is 5.86. The molecule has 1 atom stereocenters. The normalized spacial score (nSPS) is 23.0. The third-order valence-electron chi connectivity index (χ3n) is 4.42. The van der Waals surface area contributed by atoms with Gasteiger partial charge in [0.1, 0.15) is 0 Å². The molecule has 0 aromatic rings. The van der Waals surface area contributed by atoms with E-state index in [1.165, 1.54) is 12.8 Å². The van der Waals surface area contributed by atoms with Crippen LogP contribution >= 0.6 is 11.8 Å². The molecular weight excluding hydrogens is 298 g/mol. The van der Waals surface area contributed by atoms with Gasteiger partial charge >= 0.3 is 0 Å². The molecule has 6 heteroatoms.